The summed E-state index contributed by atoms with van der Waals surface area (Å²) in [5.74, 6) is -0.688. The quantitative estimate of drug-likeness (QED) is 0.684. The molecule has 0 aromatic carbocycles. The van der Waals surface area contributed by atoms with Crippen molar-refractivity contribution in [1.29, 1.82) is 0 Å². The average molecular weight is 274 g/mol. The molecule has 6 nitrogen and oxygen atoms in total. The second-order valence-electron chi connectivity index (χ2n) is 6.14. The van der Waals surface area contributed by atoms with Gasteiger partial charge >= 0.3 is 12.1 Å². The Bertz CT molecular complexity index is 310. The number of alkyl carbamates (subject to hydrolysis) is 1. The molecule has 4 N–H and O–H groups in total. The second-order valence-corrected chi connectivity index (χ2v) is 6.14. The standard InChI is InChI=1S/C13H26N2O4/c1-8(2)6-10(9(14)7-11(16)17)15-12(18)19-13(3,4)5/h8-10H,6-7,14H2,1-5H3,(H,15,18)(H,16,17). The molecule has 0 aliphatic heterocycles. The number of hydrogen-bond donors (Lipinski definition) is 3. The van der Waals surface area contributed by atoms with Crippen molar-refractivity contribution in [1.82, 2.24) is 5.32 Å². The summed E-state index contributed by atoms with van der Waals surface area (Å²) in [6.07, 6.45) is -0.153. The lowest BCUT2D eigenvalue weighted by Gasteiger charge is -2.27. The highest BCUT2D eigenvalue weighted by molar-refractivity contribution is 5.69. The lowest BCUT2D eigenvalue weighted by atomic mass is 9.96. The van der Waals surface area contributed by atoms with Crippen LogP contribution in [0.4, 0.5) is 4.79 Å². The summed E-state index contributed by atoms with van der Waals surface area (Å²) in [6.45, 7) is 9.26. The summed E-state index contributed by atoms with van der Waals surface area (Å²) < 4.78 is 5.15. The molecule has 0 radical (unpaired) electrons. The monoisotopic (exact) mass is 274 g/mol. The first-order chi connectivity index (χ1) is 8.51. The Balaban J connectivity index is 4.58. The van der Waals surface area contributed by atoms with E-state index in [0.29, 0.717) is 12.3 Å². The lowest BCUT2D eigenvalue weighted by Crippen LogP contribution is -2.50. The highest BCUT2D eigenvalue weighted by Crippen LogP contribution is 2.12. The molecule has 6 heteroatoms. The number of ether oxygens (including phenoxy) is 1. The van der Waals surface area contributed by atoms with E-state index in [2.05, 4.69) is 5.32 Å². The second kappa shape index (κ2) is 7.33. The zero-order valence-electron chi connectivity index (χ0n) is 12.4. The van der Waals surface area contributed by atoms with Gasteiger partial charge < -0.3 is 20.9 Å². The third kappa shape index (κ3) is 9.30. The van der Waals surface area contributed by atoms with Gasteiger partial charge in [0.2, 0.25) is 0 Å². The van der Waals surface area contributed by atoms with E-state index < -0.39 is 29.7 Å². The van der Waals surface area contributed by atoms with E-state index in [0.717, 1.165) is 0 Å². The fourth-order valence-electron chi connectivity index (χ4n) is 1.65. The van der Waals surface area contributed by atoms with E-state index in [1.807, 2.05) is 13.8 Å². The van der Waals surface area contributed by atoms with E-state index in [-0.39, 0.29) is 6.42 Å². The Morgan fingerprint density at radius 1 is 1.32 bits per heavy atom. The van der Waals surface area contributed by atoms with Crippen LogP contribution in [0, 0.1) is 5.92 Å². The number of carboxylic acid groups (broad SMARTS) is 1. The van der Waals surface area contributed by atoms with Gasteiger partial charge in [-0.2, -0.15) is 0 Å². The van der Waals surface area contributed by atoms with Crippen molar-refractivity contribution >= 4 is 12.1 Å². The highest BCUT2D eigenvalue weighted by Gasteiger charge is 2.25. The zero-order chi connectivity index (χ0) is 15.2. The summed E-state index contributed by atoms with van der Waals surface area (Å²) in [6, 6.07) is -1.04. The molecular weight excluding hydrogens is 248 g/mol. The number of hydrogen-bond acceptors (Lipinski definition) is 4. The van der Waals surface area contributed by atoms with Gasteiger partial charge in [0.05, 0.1) is 6.42 Å². The molecule has 0 saturated heterocycles. The third-order valence-electron chi connectivity index (χ3n) is 2.35. The first kappa shape index (κ1) is 17.7. The maximum atomic E-state index is 11.7. The van der Waals surface area contributed by atoms with E-state index in [4.69, 9.17) is 15.6 Å². The topological polar surface area (TPSA) is 102 Å². The largest absolute Gasteiger partial charge is 0.481 e. The predicted octanol–water partition coefficient (Wildman–Crippen LogP) is 1.73. The Kier molecular flexibility index (Phi) is 6.83. The Labute approximate surface area is 114 Å². The van der Waals surface area contributed by atoms with Crippen molar-refractivity contribution in [2.45, 2.75) is 65.1 Å². The molecule has 1 amide bonds. The minimum absolute atomic E-state index is 0.187. The van der Waals surface area contributed by atoms with E-state index in [1.165, 1.54) is 0 Å². The lowest BCUT2D eigenvalue weighted by molar-refractivity contribution is -0.137. The van der Waals surface area contributed by atoms with Crippen LogP contribution in [0.1, 0.15) is 47.5 Å². The Morgan fingerprint density at radius 2 is 1.84 bits per heavy atom. The average Bonchev–Trinajstić information content (AvgIpc) is 2.11. The van der Waals surface area contributed by atoms with Crippen molar-refractivity contribution in [3.63, 3.8) is 0 Å². The molecule has 0 aromatic rings. The molecule has 2 atom stereocenters. The van der Waals surface area contributed by atoms with Gasteiger partial charge in [0.15, 0.2) is 0 Å². The van der Waals surface area contributed by atoms with E-state index in [9.17, 15) is 9.59 Å². The molecule has 112 valence electrons. The molecule has 0 heterocycles. The highest BCUT2D eigenvalue weighted by atomic mass is 16.6. The molecule has 0 saturated carbocycles. The van der Waals surface area contributed by atoms with Gasteiger partial charge in [0, 0.05) is 12.1 Å². The maximum Gasteiger partial charge on any atom is 0.407 e. The van der Waals surface area contributed by atoms with Gasteiger partial charge in [-0.1, -0.05) is 13.8 Å². The van der Waals surface area contributed by atoms with Gasteiger partial charge in [0.25, 0.3) is 0 Å². The molecule has 0 rings (SSSR count). The fraction of sp³-hybridized carbons (Fsp3) is 0.846. The van der Waals surface area contributed by atoms with Crippen molar-refractivity contribution in [3.8, 4) is 0 Å². The number of aliphatic carboxylic acids is 1. The van der Waals surface area contributed by atoms with Crippen LogP contribution in [0.15, 0.2) is 0 Å². The summed E-state index contributed by atoms with van der Waals surface area (Å²) >= 11 is 0. The number of nitrogens with two attached hydrogens (primary N) is 1. The van der Waals surface area contributed by atoms with Crippen molar-refractivity contribution < 1.29 is 19.4 Å². The van der Waals surface area contributed by atoms with Crippen LogP contribution in [-0.2, 0) is 9.53 Å². The normalized spacial score (nSPS) is 14.9. The molecule has 0 fully saturated rings. The number of carbonyl (C=O) groups is 2. The molecule has 0 aromatic heterocycles. The smallest absolute Gasteiger partial charge is 0.407 e. The molecule has 0 bridgehead atoms. The van der Waals surface area contributed by atoms with Crippen LogP contribution < -0.4 is 11.1 Å². The van der Waals surface area contributed by atoms with Crippen LogP contribution >= 0.6 is 0 Å². The maximum absolute atomic E-state index is 11.7. The van der Waals surface area contributed by atoms with Crippen molar-refractivity contribution in [2.75, 3.05) is 0 Å². The minimum Gasteiger partial charge on any atom is -0.481 e. The first-order valence-electron chi connectivity index (χ1n) is 6.48. The predicted molar refractivity (Wildman–Crippen MR) is 72.8 cm³/mol. The molecule has 0 aliphatic carbocycles. The summed E-state index contributed by atoms with van der Waals surface area (Å²) in [4.78, 5) is 22.4. The van der Waals surface area contributed by atoms with Gasteiger partial charge in [-0.25, -0.2) is 4.79 Å². The van der Waals surface area contributed by atoms with Crippen LogP contribution in [-0.4, -0.2) is 34.9 Å². The van der Waals surface area contributed by atoms with Gasteiger partial charge in [-0.3, -0.25) is 4.79 Å². The number of amides is 1. The number of carboxylic acids is 1. The molecule has 19 heavy (non-hydrogen) atoms. The molecule has 0 aliphatic rings. The summed E-state index contributed by atoms with van der Waals surface area (Å²) in [5, 5.41) is 11.4. The summed E-state index contributed by atoms with van der Waals surface area (Å²) in [7, 11) is 0. The number of carbonyl (C=O) groups excluding carboxylic acids is 1. The van der Waals surface area contributed by atoms with Crippen molar-refractivity contribution in [3.05, 3.63) is 0 Å². The number of rotatable bonds is 6. The minimum atomic E-state index is -0.979. The zero-order valence-corrected chi connectivity index (χ0v) is 12.4. The first-order valence-corrected chi connectivity index (χ1v) is 6.48. The third-order valence-corrected chi connectivity index (χ3v) is 2.35. The van der Waals surface area contributed by atoms with E-state index >= 15 is 0 Å². The summed E-state index contributed by atoms with van der Waals surface area (Å²) in [5.41, 5.74) is 5.23. The molecular formula is C13H26N2O4. The van der Waals surface area contributed by atoms with Gasteiger partial charge in [-0.05, 0) is 33.1 Å². The fourth-order valence-corrected chi connectivity index (χ4v) is 1.65. The molecule has 2 unspecified atom stereocenters. The SMILES string of the molecule is CC(C)CC(NC(=O)OC(C)(C)C)C(N)CC(=O)O. The Morgan fingerprint density at radius 3 is 2.21 bits per heavy atom. The Hall–Kier alpha value is -1.30. The van der Waals surface area contributed by atoms with Crippen LogP contribution in [0.25, 0.3) is 0 Å². The van der Waals surface area contributed by atoms with Crippen molar-refractivity contribution in [2.24, 2.45) is 11.7 Å². The van der Waals surface area contributed by atoms with Gasteiger partial charge in [0.1, 0.15) is 5.60 Å². The van der Waals surface area contributed by atoms with Crippen LogP contribution in [0.2, 0.25) is 0 Å². The van der Waals surface area contributed by atoms with Gasteiger partial charge in [-0.15, -0.1) is 0 Å². The van der Waals surface area contributed by atoms with Crippen LogP contribution in [0.5, 0.6) is 0 Å². The number of nitrogens with one attached hydrogen (secondary N) is 1. The van der Waals surface area contributed by atoms with E-state index in [1.54, 1.807) is 20.8 Å². The molecule has 0 spiro atoms. The van der Waals surface area contributed by atoms with Crippen LogP contribution in [0.3, 0.4) is 0 Å².